The van der Waals surface area contributed by atoms with E-state index in [1.807, 2.05) is 0 Å². The molecule has 1 unspecified atom stereocenters. The minimum Gasteiger partial charge on any atom is -0.508 e. The van der Waals surface area contributed by atoms with Gasteiger partial charge in [0.2, 0.25) is 0 Å². The molecule has 0 saturated heterocycles. The topological polar surface area (TPSA) is 40.5 Å². The molecule has 0 radical (unpaired) electrons. The Morgan fingerprint density at radius 3 is 1.60 bits per heavy atom. The van der Waals surface area contributed by atoms with Crippen molar-refractivity contribution in [3.05, 3.63) is 29.8 Å². The van der Waals surface area contributed by atoms with Crippen molar-refractivity contribution in [2.75, 3.05) is 0 Å². The number of aliphatic hydroxyl groups is 1. The van der Waals surface area contributed by atoms with E-state index in [9.17, 15) is 0 Å². The smallest absolute Gasteiger partial charge is 0.121 e. The molecule has 0 spiro atoms. The Labute approximate surface area is 83.4 Å². The third-order valence-electron chi connectivity index (χ3n) is 1.39. The minimum atomic E-state index is -0.596. The van der Waals surface area contributed by atoms with Crippen LogP contribution in [-0.4, -0.2) is 10.2 Å². The van der Waals surface area contributed by atoms with Gasteiger partial charge in [-0.2, -0.15) is 0 Å². The molecule has 0 aliphatic rings. The SMILES string of the molecule is CC(O)c1ccccc1O.F.F.F.F.F. The van der Waals surface area contributed by atoms with E-state index < -0.39 is 6.10 Å². The van der Waals surface area contributed by atoms with Crippen LogP contribution in [0.2, 0.25) is 0 Å². The van der Waals surface area contributed by atoms with Gasteiger partial charge in [-0.1, -0.05) is 18.2 Å². The average Bonchev–Trinajstić information content (AvgIpc) is 1.88. The predicted octanol–water partition coefficient (Wildman–Crippen LogP) is 2.21. The summed E-state index contributed by atoms with van der Waals surface area (Å²) in [6, 6.07) is 6.76. The molecule has 1 aromatic carbocycles. The van der Waals surface area contributed by atoms with Crippen LogP contribution in [0.1, 0.15) is 18.6 Å². The molecule has 2 N–H and O–H groups in total. The van der Waals surface area contributed by atoms with Crippen LogP contribution >= 0.6 is 0 Å². The molecule has 1 atom stereocenters. The number of hydrogen-bond acceptors (Lipinski definition) is 2. The highest BCUT2D eigenvalue weighted by Gasteiger charge is 2.03. The van der Waals surface area contributed by atoms with Crippen molar-refractivity contribution in [3.63, 3.8) is 0 Å². The number of phenolic OH excluding ortho intramolecular Hbond substituents is 1. The number of para-hydroxylation sites is 1. The van der Waals surface area contributed by atoms with Crippen molar-refractivity contribution in [2.45, 2.75) is 13.0 Å². The van der Waals surface area contributed by atoms with Crippen molar-refractivity contribution in [1.29, 1.82) is 0 Å². The van der Waals surface area contributed by atoms with E-state index in [4.69, 9.17) is 10.2 Å². The zero-order valence-corrected chi connectivity index (χ0v) is 7.82. The molecule has 0 aliphatic carbocycles. The van der Waals surface area contributed by atoms with Crippen LogP contribution in [0, 0.1) is 0 Å². The fourth-order valence-corrected chi connectivity index (χ4v) is 0.841. The molecular weight excluding hydrogens is 223 g/mol. The van der Waals surface area contributed by atoms with Crippen LogP contribution in [-0.2, 0) is 0 Å². The summed E-state index contributed by atoms with van der Waals surface area (Å²) in [5.41, 5.74) is 0.572. The second-order valence-electron chi connectivity index (χ2n) is 2.23. The maximum atomic E-state index is 9.12. The molecular formula is C8H15F5O2. The number of aromatic hydroxyl groups is 1. The predicted molar refractivity (Wildman–Crippen MR) is 51.3 cm³/mol. The van der Waals surface area contributed by atoms with E-state index in [1.54, 1.807) is 31.2 Å². The van der Waals surface area contributed by atoms with Crippen molar-refractivity contribution in [3.8, 4) is 5.75 Å². The highest BCUT2D eigenvalue weighted by atomic mass is 19.0. The van der Waals surface area contributed by atoms with E-state index in [-0.39, 0.29) is 29.3 Å². The summed E-state index contributed by atoms with van der Waals surface area (Å²) in [6.45, 7) is 1.62. The molecule has 15 heavy (non-hydrogen) atoms. The number of aliphatic hydroxyl groups excluding tert-OH is 1. The van der Waals surface area contributed by atoms with Crippen LogP contribution in [0.25, 0.3) is 0 Å². The number of benzene rings is 1. The van der Waals surface area contributed by atoms with Gasteiger partial charge in [-0.3, -0.25) is 23.5 Å². The van der Waals surface area contributed by atoms with Gasteiger partial charge >= 0.3 is 0 Å². The zero-order chi connectivity index (χ0) is 7.56. The zero-order valence-electron chi connectivity index (χ0n) is 7.82. The van der Waals surface area contributed by atoms with Crippen molar-refractivity contribution < 1.29 is 33.7 Å². The van der Waals surface area contributed by atoms with Crippen molar-refractivity contribution >= 4 is 0 Å². The Kier molecular flexibility index (Phi) is 24.6. The largest absolute Gasteiger partial charge is 0.508 e. The summed E-state index contributed by atoms with van der Waals surface area (Å²) < 4.78 is 0. The van der Waals surface area contributed by atoms with Gasteiger partial charge < -0.3 is 10.2 Å². The van der Waals surface area contributed by atoms with Gasteiger partial charge in [-0.05, 0) is 13.0 Å². The van der Waals surface area contributed by atoms with Gasteiger partial charge in [0.05, 0.1) is 6.10 Å². The van der Waals surface area contributed by atoms with Crippen LogP contribution in [0.4, 0.5) is 23.5 Å². The second-order valence-corrected chi connectivity index (χ2v) is 2.23. The first-order valence-electron chi connectivity index (χ1n) is 3.18. The van der Waals surface area contributed by atoms with Crippen LogP contribution < -0.4 is 0 Å². The number of phenols is 1. The monoisotopic (exact) mass is 238 g/mol. The molecule has 94 valence electrons. The lowest BCUT2D eigenvalue weighted by Gasteiger charge is -2.05. The molecule has 0 aliphatic heterocycles. The van der Waals surface area contributed by atoms with Crippen molar-refractivity contribution in [1.82, 2.24) is 0 Å². The second kappa shape index (κ2) is 12.6. The van der Waals surface area contributed by atoms with E-state index in [0.29, 0.717) is 5.56 Å². The molecule has 1 rings (SSSR count). The maximum absolute atomic E-state index is 9.12. The van der Waals surface area contributed by atoms with Crippen LogP contribution in [0.15, 0.2) is 24.3 Å². The third kappa shape index (κ3) is 7.68. The summed E-state index contributed by atoms with van der Waals surface area (Å²) in [5, 5.41) is 18.2. The highest BCUT2D eigenvalue weighted by molar-refractivity contribution is 5.32. The van der Waals surface area contributed by atoms with Crippen LogP contribution in [0.3, 0.4) is 0 Å². The average molecular weight is 238 g/mol. The lowest BCUT2D eigenvalue weighted by molar-refractivity contribution is 0.195. The molecule has 7 heteroatoms. The summed E-state index contributed by atoms with van der Waals surface area (Å²) in [6.07, 6.45) is -0.596. The standard InChI is InChI=1S/C8H10O2.5FH/c1-6(9)7-4-2-3-5-8(7)10;;;;;/h2-6,9-10H,1H3;5*1H. The third-order valence-corrected chi connectivity index (χ3v) is 1.39. The maximum Gasteiger partial charge on any atom is 0.121 e. The Hall–Kier alpha value is -1.37. The van der Waals surface area contributed by atoms with Gasteiger partial charge in [-0.15, -0.1) is 0 Å². The first kappa shape index (κ1) is 29.2. The fourth-order valence-electron chi connectivity index (χ4n) is 0.841. The lowest BCUT2D eigenvalue weighted by Crippen LogP contribution is -1.89. The molecule has 0 amide bonds. The van der Waals surface area contributed by atoms with Crippen molar-refractivity contribution in [2.24, 2.45) is 0 Å². The molecule has 0 saturated carbocycles. The Morgan fingerprint density at radius 1 is 0.933 bits per heavy atom. The minimum absolute atomic E-state index is 0. The Morgan fingerprint density at radius 2 is 1.33 bits per heavy atom. The summed E-state index contributed by atoms with van der Waals surface area (Å²) >= 11 is 0. The summed E-state index contributed by atoms with van der Waals surface area (Å²) in [5.74, 6) is 0.150. The number of rotatable bonds is 1. The Bertz CT molecular complexity index is 232. The normalized spacial score (nSPS) is 8.67. The molecule has 2 nitrogen and oxygen atoms in total. The number of halogens is 5. The molecule has 0 heterocycles. The van der Waals surface area contributed by atoms with Gasteiger partial charge in [0, 0.05) is 5.56 Å². The quantitative estimate of drug-likeness (QED) is 0.736. The van der Waals surface area contributed by atoms with E-state index in [0.717, 1.165) is 0 Å². The summed E-state index contributed by atoms with van der Waals surface area (Å²) in [4.78, 5) is 0. The molecule has 0 fully saturated rings. The highest BCUT2D eigenvalue weighted by Crippen LogP contribution is 2.22. The van der Waals surface area contributed by atoms with E-state index in [1.165, 1.54) is 0 Å². The van der Waals surface area contributed by atoms with E-state index in [2.05, 4.69) is 0 Å². The summed E-state index contributed by atoms with van der Waals surface area (Å²) in [7, 11) is 0. The first-order valence-corrected chi connectivity index (χ1v) is 3.18. The van der Waals surface area contributed by atoms with Gasteiger partial charge in [-0.25, -0.2) is 0 Å². The van der Waals surface area contributed by atoms with Crippen LogP contribution in [0.5, 0.6) is 5.75 Å². The Balaban J connectivity index is -0.0000000667. The molecule has 1 aromatic rings. The molecule has 0 aromatic heterocycles. The van der Waals surface area contributed by atoms with E-state index >= 15 is 0 Å². The lowest BCUT2D eigenvalue weighted by atomic mass is 10.1. The fraction of sp³-hybridized carbons (Fsp3) is 0.250. The molecule has 0 bridgehead atoms. The van der Waals surface area contributed by atoms with Gasteiger partial charge in [0.25, 0.3) is 0 Å². The van der Waals surface area contributed by atoms with Gasteiger partial charge in [0.15, 0.2) is 0 Å². The van der Waals surface area contributed by atoms with Gasteiger partial charge in [0.1, 0.15) is 5.75 Å². The number of hydrogen-bond donors (Lipinski definition) is 2. The first-order chi connectivity index (χ1) is 4.72.